The molecule has 1 N–H and O–H groups in total. The molecule has 0 saturated heterocycles. The lowest BCUT2D eigenvalue weighted by molar-refractivity contribution is 0.404. The zero-order valence-corrected chi connectivity index (χ0v) is 15.9. The van der Waals surface area contributed by atoms with E-state index in [1.807, 2.05) is 67.6 Å². The van der Waals surface area contributed by atoms with Gasteiger partial charge in [-0.1, -0.05) is 48.5 Å². The summed E-state index contributed by atoms with van der Waals surface area (Å²) in [4.78, 5) is 17.1. The number of aliphatic imine (C=N–C) groups is 1. The van der Waals surface area contributed by atoms with Crippen molar-refractivity contribution in [2.45, 2.75) is 26.8 Å². The van der Waals surface area contributed by atoms with Crippen LogP contribution in [0.3, 0.4) is 0 Å². The summed E-state index contributed by atoms with van der Waals surface area (Å²) in [5.74, 6) is -0.172. The Hall–Kier alpha value is -3.65. The summed E-state index contributed by atoms with van der Waals surface area (Å²) in [6, 6.07) is 19.3. The zero-order valence-electron chi connectivity index (χ0n) is 15.9. The second kappa shape index (κ2) is 8.36. The number of rotatable bonds is 5. The van der Waals surface area contributed by atoms with Gasteiger partial charge in [-0.3, -0.25) is 14.4 Å². The molecule has 0 spiro atoms. The first-order valence-corrected chi connectivity index (χ1v) is 9.03. The average molecular weight is 371 g/mol. The number of hydrogen-bond acceptors (Lipinski definition) is 4. The van der Waals surface area contributed by atoms with Crippen LogP contribution in [0.5, 0.6) is 5.88 Å². The molecule has 0 unspecified atom stereocenters. The number of aryl methyl sites for hydroxylation is 2. The monoisotopic (exact) mass is 371 g/mol. The Morgan fingerprint density at radius 2 is 1.79 bits per heavy atom. The Kier molecular flexibility index (Phi) is 5.71. The van der Waals surface area contributed by atoms with Crippen LogP contribution in [0.25, 0.3) is 0 Å². The van der Waals surface area contributed by atoms with Gasteiger partial charge < -0.3 is 5.11 Å². The van der Waals surface area contributed by atoms with Gasteiger partial charge in [0.15, 0.2) is 0 Å². The quantitative estimate of drug-likeness (QED) is 0.688. The third kappa shape index (κ3) is 3.86. The van der Waals surface area contributed by atoms with Gasteiger partial charge in [-0.2, -0.15) is 5.26 Å². The van der Waals surface area contributed by atoms with Crippen LogP contribution in [0, 0.1) is 25.2 Å². The van der Waals surface area contributed by atoms with E-state index < -0.39 is 5.56 Å². The van der Waals surface area contributed by atoms with Crippen LogP contribution in [-0.2, 0) is 13.0 Å². The van der Waals surface area contributed by atoms with E-state index in [1.165, 1.54) is 10.8 Å². The van der Waals surface area contributed by atoms with E-state index in [-0.39, 0.29) is 18.0 Å². The first-order valence-electron chi connectivity index (χ1n) is 9.03. The predicted octanol–water partition coefficient (Wildman–Crippen LogP) is 4.04. The molecule has 3 aromatic rings. The Morgan fingerprint density at radius 3 is 2.46 bits per heavy atom. The lowest BCUT2D eigenvalue weighted by atomic mass is 10.1. The van der Waals surface area contributed by atoms with E-state index in [0.717, 1.165) is 16.8 Å². The molecular formula is C23H21N3O2. The summed E-state index contributed by atoms with van der Waals surface area (Å²) < 4.78 is 1.25. The van der Waals surface area contributed by atoms with Crippen LogP contribution in [-0.4, -0.2) is 15.9 Å². The second-order valence-electron chi connectivity index (χ2n) is 6.59. The highest BCUT2D eigenvalue weighted by Gasteiger charge is 2.18. The highest BCUT2D eigenvalue weighted by atomic mass is 16.3. The molecular weight excluding hydrogens is 350 g/mol. The third-order valence-corrected chi connectivity index (χ3v) is 4.76. The van der Waals surface area contributed by atoms with Gasteiger partial charge >= 0.3 is 0 Å². The van der Waals surface area contributed by atoms with Crippen LogP contribution in [0.1, 0.15) is 27.8 Å². The Balaban J connectivity index is 2.04. The minimum Gasteiger partial charge on any atom is -0.494 e. The summed E-state index contributed by atoms with van der Waals surface area (Å²) in [5, 5.41) is 20.2. The number of aromatic nitrogens is 1. The largest absolute Gasteiger partial charge is 0.494 e. The van der Waals surface area contributed by atoms with Gasteiger partial charge in [0, 0.05) is 12.8 Å². The van der Waals surface area contributed by atoms with Gasteiger partial charge in [-0.25, -0.2) is 0 Å². The molecule has 3 rings (SSSR count). The summed E-state index contributed by atoms with van der Waals surface area (Å²) in [6.45, 7) is 3.87. The number of benzene rings is 2. The van der Waals surface area contributed by atoms with Crippen molar-refractivity contribution in [2.24, 2.45) is 4.99 Å². The Morgan fingerprint density at radius 1 is 1.11 bits per heavy atom. The van der Waals surface area contributed by atoms with Gasteiger partial charge in [0.25, 0.3) is 5.56 Å². The van der Waals surface area contributed by atoms with Crippen molar-refractivity contribution in [1.29, 1.82) is 5.26 Å². The third-order valence-electron chi connectivity index (χ3n) is 4.76. The van der Waals surface area contributed by atoms with E-state index >= 15 is 0 Å². The topological polar surface area (TPSA) is 78.4 Å². The van der Waals surface area contributed by atoms with Crippen molar-refractivity contribution in [3.8, 4) is 11.9 Å². The van der Waals surface area contributed by atoms with E-state index in [2.05, 4.69) is 4.99 Å². The highest BCUT2D eigenvalue weighted by molar-refractivity contribution is 5.87. The fourth-order valence-electron chi connectivity index (χ4n) is 3.06. The number of hydrogen-bond donors (Lipinski definition) is 1. The minimum atomic E-state index is -0.485. The summed E-state index contributed by atoms with van der Waals surface area (Å²) >= 11 is 0. The van der Waals surface area contributed by atoms with Crippen LogP contribution < -0.4 is 5.56 Å². The molecule has 5 heteroatoms. The van der Waals surface area contributed by atoms with E-state index in [0.29, 0.717) is 17.5 Å². The van der Waals surface area contributed by atoms with Crippen LogP contribution >= 0.6 is 0 Å². The van der Waals surface area contributed by atoms with Gasteiger partial charge in [0.1, 0.15) is 11.6 Å². The summed E-state index contributed by atoms with van der Waals surface area (Å²) in [7, 11) is 0. The molecule has 0 amide bonds. The molecule has 0 aliphatic carbocycles. The molecule has 0 bridgehead atoms. The van der Waals surface area contributed by atoms with Gasteiger partial charge in [-0.05, 0) is 43.0 Å². The Bertz CT molecular complexity index is 1120. The van der Waals surface area contributed by atoms with Crippen molar-refractivity contribution in [3.05, 3.63) is 92.8 Å². The molecule has 140 valence electrons. The number of para-hydroxylation sites is 1. The van der Waals surface area contributed by atoms with E-state index in [9.17, 15) is 15.2 Å². The number of pyridine rings is 1. The molecule has 1 heterocycles. The molecule has 5 nitrogen and oxygen atoms in total. The molecule has 1 aromatic heterocycles. The normalized spacial score (nSPS) is 10.9. The van der Waals surface area contributed by atoms with Crippen LogP contribution in [0.2, 0.25) is 0 Å². The van der Waals surface area contributed by atoms with E-state index in [4.69, 9.17) is 0 Å². The zero-order chi connectivity index (χ0) is 20.1. The van der Waals surface area contributed by atoms with Crippen molar-refractivity contribution >= 4 is 11.9 Å². The first kappa shape index (κ1) is 19.1. The van der Waals surface area contributed by atoms with Crippen molar-refractivity contribution < 1.29 is 5.11 Å². The lowest BCUT2D eigenvalue weighted by Crippen LogP contribution is -2.26. The smallest absolute Gasteiger partial charge is 0.271 e. The predicted molar refractivity (Wildman–Crippen MR) is 110 cm³/mol. The molecule has 2 aromatic carbocycles. The van der Waals surface area contributed by atoms with Crippen LogP contribution in [0.15, 0.2) is 64.4 Å². The van der Waals surface area contributed by atoms with Gasteiger partial charge in [0.05, 0.1) is 11.3 Å². The maximum absolute atomic E-state index is 12.7. The van der Waals surface area contributed by atoms with E-state index in [1.54, 1.807) is 6.92 Å². The number of nitriles is 1. The maximum Gasteiger partial charge on any atom is 0.271 e. The lowest BCUT2D eigenvalue weighted by Gasteiger charge is -2.14. The maximum atomic E-state index is 12.7. The summed E-state index contributed by atoms with van der Waals surface area (Å²) in [6.07, 6.45) is 2.09. The highest BCUT2D eigenvalue weighted by Crippen LogP contribution is 2.23. The van der Waals surface area contributed by atoms with Gasteiger partial charge in [-0.15, -0.1) is 0 Å². The molecule has 28 heavy (non-hydrogen) atoms. The molecule has 0 radical (unpaired) electrons. The number of nitrogens with zero attached hydrogens (tertiary/aromatic N) is 3. The SMILES string of the molecule is Cc1ccccc1N=Cc1c(C)c(C#N)c(=O)n(CCc2ccccc2)c1O. The van der Waals surface area contributed by atoms with Crippen LogP contribution in [0.4, 0.5) is 5.69 Å². The first-order chi connectivity index (χ1) is 13.5. The molecule has 0 aliphatic rings. The van der Waals surface area contributed by atoms with Crippen molar-refractivity contribution in [1.82, 2.24) is 4.57 Å². The van der Waals surface area contributed by atoms with Gasteiger partial charge in [0.2, 0.25) is 5.88 Å². The fraction of sp³-hybridized carbons (Fsp3) is 0.174. The minimum absolute atomic E-state index is 0.0251. The molecule has 0 saturated carbocycles. The standard InChI is InChI=1S/C23H21N3O2/c1-16-8-6-7-11-21(16)25-15-20-17(2)19(14-24)22(27)26(23(20)28)13-12-18-9-4-3-5-10-18/h3-11,15,28H,12-13H2,1-2H3. The Labute approximate surface area is 163 Å². The van der Waals surface area contributed by atoms with Crippen molar-refractivity contribution in [2.75, 3.05) is 0 Å². The summed E-state index contributed by atoms with van der Waals surface area (Å²) in [5.41, 5.74) is 3.16. The molecule has 0 fully saturated rings. The van der Waals surface area contributed by atoms with Crippen molar-refractivity contribution in [3.63, 3.8) is 0 Å². The fourth-order valence-corrected chi connectivity index (χ4v) is 3.06. The molecule has 0 aliphatic heterocycles. The number of aromatic hydroxyl groups is 1. The second-order valence-corrected chi connectivity index (χ2v) is 6.59. The molecule has 0 atom stereocenters. The average Bonchev–Trinajstić information content (AvgIpc) is 2.70.